The summed E-state index contributed by atoms with van der Waals surface area (Å²) in [5, 5.41) is 50.0. The number of Topliss-reactive ketones (excluding diaryl/α,β-unsaturated/α-hetero) is 6. The van der Waals surface area contributed by atoms with Crippen LogP contribution in [-0.2, 0) is 110 Å². The molecule has 11 N–H and O–H groups in total. The number of carbonyl (C=O) groups is 15. The number of rotatable bonds is 88. The smallest absolute Gasteiger partial charge is 0.326 e. The van der Waals surface area contributed by atoms with Crippen molar-refractivity contribution in [3.05, 3.63) is 0 Å². The van der Waals surface area contributed by atoms with Crippen LogP contribution in [0.1, 0.15) is 284 Å². The highest BCUT2D eigenvalue weighted by Crippen LogP contribution is 2.25. The third kappa shape index (κ3) is 72.6. The number of ether oxygens (including phenoxy) is 8. The molecule has 33 nitrogen and oxygen atoms in total. The van der Waals surface area contributed by atoms with Crippen LogP contribution in [0.4, 0.5) is 0 Å². The van der Waals surface area contributed by atoms with Gasteiger partial charge in [0.05, 0.1) is 77.5 Å². The second-order valence-electron chi connectivity index (χ2n) is 30.5. The summed E-state index contributed by atoms with van der Waals surface area (Å²) < 4.78 is 43.5. The Hall–Kier alpha value is -7.11. The number of unbranched alkanes of at least 4 members (excludes halogenated alkanes) is 20. The number of hydrogen-bond acceptors (Lipinski definition) is 24. The van der Waals surface area contributed by atoms with Gasteiger partial charge in [-0.1, -0.05) is 116 Å². The first-order chi connectivity index (χ1) is 56.1. The Balaban J connectivity index is 4.13. The number of carboxylic acids is 4. The van der Waals surface area contributed by atoms with Crippen LogP contribution in [0.5, 0.6) is 0 Å². The van der Waals surface area contributed by atoms with Gasteiger partial charge in [0.1, 0.15) is 55.6 Å². The van der Waals surface area contributed by atoms with Gasteiger partial charge in [0, 0.05) is 122 Å². The number of nitrogens with two attached hydrogens (primary N) is 1. The quantitative estimate of drug-likeness (QED) is 0.0255. The summed E-state index contributed by atoms with van der Waals surface area (Å²) >= 11 is 0. The average Bonchev–Trinajstić information content (AvgIpc) is 0.880. The maximum atomic E-state index is 13.7. The van der Waals surface area contributed by atoms with Crippen molar-refractivity contribution in [2.24, 2.45) is 23.5 Å². The first-order valence-electron chi connectivity index (χ1n) is 42.9. The second-order valence-corrected chi connectivity index (χ2v) is 30.5. The van der Waals surface area contributed by atoms with Crippen molar-refractivity contribution in [1.29, 1.82) is 0 Å². The van der Waals surface area contributed by atoms with E-state index < -0.39 is 53.2 Å². The van der Waals surface area contributed by atoms with E-state index in [9.17, 15) is 82.1 Å². The summed E-state index contributed by atoms with van der Waals surface area (Å²) in [5.74, 6) is -8.79. The molecule has 0 rings (SSSR count). The van der Waals surface area contributed by atoms with Crippen molar-refractivity contribution in [2.75, 3.05) is 132 Å². The molecule has 674 valence electrons. The first kappa shape index (κ1) is 110. The van der Waals surface area contributed by atoms with E-state index in [0.29, 0.717) is 103 Å². The number of amides is 5. The van der Waals surface area contributed by atoms with Crippen LogP contribution in [-0.4, -0.2) is 252 Å². The molecule has 0 heterocycles. The van der Waals surface area contributed by atoms with E-state index in [0.717, 1.165) is 103 Å². The minimum atomic E-state index is -1.19. The topological polar surface area (TPSA) is 497 Å². The largest absolute Gasteiger partial charge is 0.481 e. The molecule has 0 fully saturated rings. The molecule has 0 saturated carbocycles. The minimum absolute atomic E-state index is 0.00320. The molecule has 0 saturated heterocycles. The maximum absolute atomic E-state index is 13.7. The van der Waals surface area contributed by atoms with Crippen LogP contribution < -0.4 is 32.3 Å². The fourth-order valence-electron chi connectivity index (χ4n) is 12.3. The third-order valence-corrected chi connectivity index (χ3v) is 19.3. The van der Waals surface area contributed by atoms with E-state index in [-0.39, 0.29) is 253 Å². The van der Waals surface area contributed by atoms with Gasteiger partial charge in [-0.25, -0.2) is 4.79 Å². The molecule has 5 amide bonds. The van der Waals surface area contributed by atoms with Crippen LogP contribution in [0.3, 0.4) is 0 Å². The van der Waals surface area contributed by atoms with E-state index in [4.69, 9.17) is 53.8 Å². The average molecular weight is 1670 g/mol. The van der Waals surface area contributed by atoms with Gasteiger partial charge in [0.2, 0.25) is 29.5 Å². The lowest BCUT2D eigenvalue weighted by molar-refractivity contribution is -0.144. The molecule has 0 unspecified atom stereocenters. The Bertz CT molecular complexity index is 2790. The van der Waals surface area contributed by atoms with Gasteiger partial charge >= 0.3 is 23.9 Å². The van der Waals surface area contributed by atoms with Gasteiger partial charge < -0.3 is 90.6 Å². The van der Waals surface area contributed by atoms with Crippen molar-refractivity contribution in [1.82, 2.24) is 26.6 Å². The summed E-state index contributed by atoms with van der Waals surface area (Å²) in [6.07, 6.45) is 24.0. The van der Waals surface area contributed by atoms with E-state index in [1.807, 2.05) is 0 Å². The van der Waals surface area contributed by atoms with E-state index in [1.54, 1.807) is 13.8 Å². The molecule has 0 aliphatic heterocycles. The first-order valence-corrected chi connectivity index (χ1v) is 42.9. The summed E-state index contributed by atoms with van der Waals surface area (Å²) in [6.45, 7) is 7.13. The second kappa shape index (κ2) is 75.1. The summed E-state index contributed by atoms with van der Waals surface area (Å²) in [5.41, 5.74) is 4.92. The fourth-order valence-corrected chi connectivity index (χ4v) is 12.3. The van der Waals surface area contributed by atoms with Gasteiger partial charge in [-0.15, -0.1) is 0 Å². The molecule has 0 aromatic rings. The zero-order valence-electron chi connectivity index (χ0n) is 70.7. The molecule has 0 aliphatic rings. The number of hydrogen-bond donors (Lipinski definition) is 10. The molecule has 0 aromatic carbocycles. The number of nitrogens with one attached hydrogen (secondary N) is 5. The van der Waals surface area contributed by atoms with Crippen molar-refractivity contribution < 1.29 is 130 Å². The highest BCUT2D eigenvalue weighted by Gasteiger charge is 2.31. The molecule has 0 spiro atoms. The Labute approximate surface area is 693 Å². The molecule has 0 aliphatic carbocycles. The number of aliphatic carboxylic acids is 4. The Morgan fingerprint density at radius 2 is 0.675 bits per heavy atom. The van der Waals surface area contributed by atoms with Gasteiger partial charge in [0.25, 0.3) is 0 Å². The van der Waals surface area contributed by atoms with Crippen LogP contribution in [0.2, 0.25) is 0 Å². The normalized spacial score (nSPS) is 12.4. The molecule has 0 bridgehead atoms. The fraction of sp³-hybridized carbons (Fsp3) is 0.821. The lowest BCUT2D eigenvalue weighted by Crippen LogP contribution is -2.43. The number of ketones is 6. The lowest BCUT2D eigenvalue weighted by atomic mass is 9.82. The Morgan fingerprint density at radius 3 is 1.10 bits per heavy atom. The van der Waals surface area contributed by atoms with E-state index >= 15 is 0 Å². The Kier molecular flexibility index (Phi) is 70.6. The van der Waals surface area contributed by atoms with Crippen LogP contribution in [0, 0.1) is 17.8 Å². The summed E-state index contributed by atoms with van der Waals surface area (Å²) in [4.78, 5) is 183. The van der Waals surface area contributed by atoms with Gasteiger partial charge in [-0.05, 0) is 97.8 Å². The molecule has 0 radical (unpaired) electrons. The molecule has 33 heteroatoms. The number of carboxylic acid groups (broad SMARTS) is 4. The van der Waals surface area contributed by atoms with Gasteiger partial charge in [0.15, 0.2) is 11.6 Å². The van der Waals surface area contributed by atoms with Gasteiger partial charge in [-0.3, -0.25) is 67.1 Å². The van der Waals surface area contributed by atoms with Crippen molar-refractivity contribution in [3.8, 4) is 0 Å². The van der Waals surface area contributed by atoms with Crippen molar-refractivity contribution in [2.45, 2.75) is 296 Å². The van der Waals surface area contributed by atoms with E-state index in [2.05, 4.69) is 26.6 Å². The maximum Gasteiger partial charge on any atom is 0.326 e. The highest BCUT2D eigenvalue weighted by atomic mass is 16.5. The molecule has 4 atom stereocenters. The zero-order chi connectivity index (χ0) is 86.8. The Morgan fingerprint density at radius 1 is 0.299 bits per heavy atom. The zero-order valence-corrected chi connectivity index (χ0v) is 70.7. The third-order valence-electron chi connectivity index (χ3n) is 19.3. The summed E-state index contributed by atoms with van der Waals surface area (Å²) in [7, 11) is 0. The number of carbonyl (C=O) groups excluding carboxylic acids is 11. The monoisotopic (exact) mass is 1670 g/mol. The van der Waals surface area contributed by atoms with E-state index in [1.165, 1.54) is 6.92 Å². The molecule has 0 aromatic heterocycles. The van der Waals surface area contributed by atoms with Gasteiger partial charge in [-0.2, -0.15) is 0 Å². The van der Waals surface area contributed by atoms with Crippen LogP contribution in [0.25, 0.3) is 0 Å². The molecular weight excluding hydrogens is 1520 g/mol. The van der Waals surface area contributed by atoms with Crippen LogP contribution in [0.15, 0.2) is 0 Å². The summed E-state index contributed by atoms with van der Waals surface area (Å²) in [6, 6.07) is -1.15. The van der Waals surface area contributed by atoms with Crippen molar-refractivity contribution >= 4 is 88.1 Å². The van der Waals surface area contributed by atoms with Crippen molar-refractivity contribution in [3.63, 3.8) is 0 Å². The minimum Gasteiger partial charge on any atom is -0.481 e. The molecule has 117 heavy (non-hydrogen) atoms. The van der Waals surface area contributed by atoms with Crippen LogP contribution >= 0.6 is 0 Å². The lowest BCUT2D eigenvalue weighted by Gasteiger charge is -2.23. The SMILES string of the molecule is CC(=O)[C@H](CCCCNC(=O)COCCOCCCC(=O)COCCOCCNC(=O)CC[C@H](CC(=O)CCCCCCCCCCCCC(=O)O)C(=O)O)CC(=O)[C@H](CCCCNC(=O)COCCOCCNC(=O)COCCOCCCC(=O)CC[C@H](NC(=O)CCCCCCCCCCCCC(=O)O)C(=O)O)CC(=O)C(C)(C)N. The highest BCUT2D eigenvalue weighted by molar-refractivity contribution is 5.94. The predicted molar refractivity (Wildman–Crippen MR) is 435 cm³/mol. The standard InChI is InChI=1S/C84H146N6O27/c1-65(91)66(30-24-26-42-86-77(99)62-115-55-51-111-47-29-34-71(94)61-114-54-52-112-48-44-88-75(97)41-38-68(82(106)107)58-70(93)32-20-16-12-8-4-6-10-14-18-22-36-80(102)103)59-73(95)67(60-74(96)84(2,3)85)31-25-27-43-87-78(100)63-117-57-53-113-49-45-89-79(101)64-116-56-50-110-46-28-33-69(92)39-40-72(83(108)109)90-76(98)35-21-17-13-9-5-7-11-15-19-23-37-81(104)105/h66-68,72H,4-64,85H2,1-3H3,(H,86,99)(H,87,100)(H,88,97)(H,89,101)(H,90,98)(H,102,103)(H,104,105)(H,106,107)(H,108,109)/t66-,67-,68-,72+/m1/s1. The predicted octanol–water partition coefficient (Wildman–Crippen LogP) is 8.42. The molecular formula is C84H146N6O27.